The van der Waals surface area contributed by atoms with E-state index in [0.29, 0.717) is 12.2 Å². The minimum atomic E-state index is 0.0434. The van der Waals surface area contributed by atoms with Crippen LogP contribution in [0.4, 0.5) is 5.82 Å². The van der Waals surface area contributed by atoms with E-state index < -0.39 is 0 Å². The molecule has 150 valence electrons. The summed E-state index contributed by atoms with van der Waals surface area (Å²) in [6.45, 7) is 3.18. The molecule has 2 N–H and O–H groups in total. The van der Waals surface area contributed by atoms with Crippen LogP contribution in [0.2, 0.25) is 0 Å². The summed E-state index contributed by atoms with van der Waals surface area (Å²) in [5.74, 6) is 1.03. The average molecular weight is 392 g/mol. The molecule has 1 atom stereocenters. The lowest BCUT2D eigenvalue weighted by Gasteiger charge is -2.32. The second-order valence-corrected chi connectivity index (χ2v) is 7.68. The molecule has 0 radical (unpaired) electrons. The van der Waals surface area contributed by atoms with Crippen LogP contribution < -0.4 is 15.5 Å². The van der Waals surface area contributed by atoms with Gasteiger partial charge >= 0.3 is 0 Å². The Morgan fingerprint density at radius 1 is 1.17 bits per heavy atom. The van der Waals surface area contributed by atoms with Crippen molar-refractivity contribution in [3.8, 4) is 0 Å². The quantitative estimate of drug-likeness (QED) is 0.675. The topological polar surface area (TPSA) is 100 Å². The second-order valence-electron chi connectivity index (χ2n) is 7.68. The van der Waals surface area contributed by atoms with Crippen LogP contribution in [0.1, 0.15) is 30.0 Å². The minimum Gasteiger partial charge on any atom is -0.355 e. The Morgan fingerprint density at radius 3 is 2.93 bits per heavy atom. The molecule has 2 aliphatic heterocycles. The van der Waals surface area contributed by atoms with Crippen molar-refractivity contribution < 1.29 is 4.79 Å². The minimum absolute atomic E-state index is 0.0434. The van der Waals surface area contributed by atoms with E-state index in [4.69, 9.17) is 0 Å². The zero-order chi connectivity index (χ0) is 19.6. The molecule has 1 saturated heterocycles. The van der Waals surface area contributed by atoms with Crippen molar-refractivity contribution in [3.05, 3.63) is 47.5 Å². The van der Waals surface area contributed by atoms with Gasteiger partial charge < -0.3 is 15.5 Å². The van der Waals surface area contributed by atoms with Crippen LogP contribution in [0, 0.1) is 5.92 Å². The fourth-order valence-electron chi connectivity index (χ4n) is 4.30. The summed E-state index contributed by atoms with van der Waals surface area (Å²) in [7, 11) is 0. The van der Waals surface area contributed by atoms with Crippen LogP contribution >= 0.6 is 0 Å². The Hall–Kier alpha value is -3.07. The fourth-order valence-corrected chi connectivity index (χ4v) is 4.30. The van der Waals surface area contributed by atoms with Crippen LogP contribution in [0.5, 0.6) is 0 Å². The van der Waals surface area contributed by atoms with E-state index in [9.17, 15) is 4.79 Å². The number of piperidine rings is 1. The molecule has 4 heterocycles. The van der Waals surface area contributed by atoms with Crippen LogP contribution in [0.15, 0.2) is 36.4 Å². The Labute approximate surface area is 168 Å². The normalized spacial score (nSPS) is 19.9. The van der Waals surface area contributed by atoms with E-state index in [1.54, 1.807) is 0 Å². The van der Waals surface area contributed by atoms with Crippen LogP contribution in [-0.2, 0) is 11.2 Å². The summed E-state index contributed by atoms with van der Waals surface area (Å²) in [6.07, 6.45) is 2.68. The Bertz CT molecular complexity index is 1010. The molecule has 0 aliphatic carbocycles. The van der Waals surface area contributed by atoms with Gasteiger partial charge in [-0.15, -0.1) is 14.8 Å². The Balaban J connectivity index is 1.16. The first-order chi connectivity index (χ1) is 14.3. The lowest BCUT2D eigenvalue weighted by Crippen LogP contribution is -2.44. The van der Waals surface area contributed by atoms with Gasteiger partial charge in [0.1, 0.15) is 0 Å². The van der Waals surface area contributed by atoms with E-state index in [-0.39, 0.29) is 17.9 Å². The van der Waals surface area contributed by atoms with Crippen molar-refractivity contribution in [2.75, 3.05) is 31.1 Å². The van der Waals surface area contributed by atoms with Gasteiger partial charge in [0.2, 0.25) is 5.91 Å². The molecular weight excluding hydrogens is 368 g/mol. The Morgan fingerprint density at radius 2 is 2.03 bits per heavy atom. The molecular formula is C20H24N8O. The molecule has 29 heavy (non-hydrogen) atoms. The summed E-state index contributed by atoms with van der Waals surface area (Å²) in [6, 6.07) is 12.5. The van der Waals surface area contributed by atoms with Crippen molar-refractivity contribution in [2.24, 2.45) is 5.92 Å². The molecule has 1 aromatic carbocycles. The highest BCUT2D eigenvalue weighted by Gasteiger charge is 2.27. The van der Waals surface area contributed by atoms with Gasteiger partial charge in [-0.2, -0.15) is 0 Å². The smallest absolute Gasteiger partial charge is 0.223 e. The SMILES string of the molecule is O=C(NCC1NCCc2ccccc21)C1CCN(c2ccc3nnnn3n2)CC1. The highest BCUT2D eigenvalue weighted by molar-refractivity contribution is 5.79. The van der Waals surface area contributed by atoms with Crippen LogP contribution in [0.3, 0.4) is 0 Å². The van der Waals surface area contributed by atoms with Crippen molar-refractivity contribution in [3.63, 3.8) is 0 Å². The molecule has 0 saturated carbocycles. The molecule has 3 aromatic rings. The number of carbonyl (C=O) groups excluding carboxylic acids is 1. The predicted molar refractivity (Wildman–Crippen MR) is 107 cm³/mol. The maximum atomic E-state index is 12.7. The number of carbonyl (C=O) groups is 1. The monoisotopic (exact) mass is 392 g/mol. The third-order valence-corrected chi connectivity index (χ3v) is 5.94. The predicted octanol–water partition coefficient (Wildman–Crippen LogP) is 0.739. The van der Waals surface area contributed by atoms with Crippen molar-refractivity contribution >= 4 is 17.4 Å². The number of tetrazole rings is 1. The first kappa shape index (κ1) is 18.0. The summed E-state index contributed by atoms with van der Waals surface area (Å²) in [4.78, 5) is 14.9. The van der Waals surface area contributed by atoms with Gasteiger partial charge in [0.25, 0.3) is 0 Å². The number of aromatic nitrogens is 5. The third kappa shape index (κ3) is 3.65. The third-order valence-electron chi connectivity index (χ3n) is 5.94. The average Bonchev–Trinajstić information content (AvgIpc) is 3.25. The van der Waals surface area contributed by atoms with Crippen molar-refractivity contribution in [1.29, 1.82) is 0 Å². The maximum absolute atomic E-state index is 12.7. The van der Waals surface area contributed by atoms with Gasteiger partial charge in [0.05, 0.1) is 0 Å². The molecule has 5 rings (SSSR count). The summed E-state index contributed by atoms with van der Waals surface area (Å²) in [5.41, 5.74) is 3.31. The van der Waals surface area contributed by atoms with Gasteiger partial charge in [-0.05, 0) is 59.5 Å². The molecule has 9 heteroatoms. The van der Waals surface area contributed by atoms with Crippen molar-refractivity contribution in [1.82, 2.24) is 35.9 Å². The van der Waals surface area contributed by atoms with E-state index in [0.717, 1.165) is 44.7 Å². The van der Waals surface area contributed by atoms with Crippen molar-refractivity contribution in [2.45, 2.75) is 25.3 Å². The molecule has 0 bridgehead atoms. The number of amides is 1. The summed E-state index contributed by atoms with van der Waals surface area (Å²) < 4.78 is 1.43. The number of benzene rings is 1. The fraction of sp³-hybridized carbons (Fsp3) is 0.450. The Kier molecular flexibility index (Phi) is 4.81. The van der Waals surface area contributed by atoms with Gasteiger partial charge in [-0.3, -0.25) is 4.79 Å². The standard InChI is InChI=1S/C20H24N8O/c29-20(22-13-17-16-4-2-1-3-14(16)7-10-21-17)15-8-11-27(12-9-15)19-6-5-18-23-25-26-28(18)24-19/h1-6,15,17,21H,7-13H2,(H,22,29). The van der Waals surface area contributed by atoms with Gasteiger partial charge in [-0.1, -0.05) is 24.3 Å². The first-order valence-electron chi connectivity index (χ1n) is 10.2. The van der Waals surface area contributed by atoms with E-state index >= 15 is 0 Å². The zero-order valence-electron chi connectivity index (χ0n) is 16.2. The molecule has 9 nitrogen and oxygen atoms in total. The molecule has 1 amide bonds. The van der Waals surface area contributed by atoms with Crippen LogP contribution in [0.25, 0.3) is 5.65 Å². The van der Waals surface area contributed by atoms with Gasteiger partial charge in [0, 0.05) is 31.6 Å². The molecule has 1 unspecified atom stereocenters. The highest BCUT2D eigenvalue weighted by Crippen LogP contribution is 2.24. The highest BCUT2D eigenvalue weighted by atomic mass is 16.1. The summed E-state index contributed by atoms with van der Waals surface area (Å²) >= 11 is 0. The largest absolute Gasteiger partial charge is 0.355 e. The number of fused-ring (bicyclic) bond motifs is 2. The van der Waals surface area contributed by atoms with E-state index in [1.807, 2.05) is 12.1 Å². The number of hydrogen-bond donors (Lipinski definition) is 2. The number of anilines is 1. The number of nitrogens with zero attached hydrogens (tertiary/aromatic N) is 6. The van der Waals surface area contributed by atoms with E-state index in [2.05, 4.69) is 60.4 Å². The summed E-state index contributed by atoms with van der Waals surface area (Å²) in [5, 5.41) is 22.5. The molecule has 2 aromatic heterocycles. The number of nitrogens with one attached hydrogen (secondary N) is 2. The zero-order valence-corrected chi connectivity index (χ0v) is 16.2. The van der Waals surface area contributed by atoms with E-state index in [1.165, 1.54) is 15.8 Å². The van der Waals surface area contributed by atoms with Crippen LogP contribution in [-0.4, -0.2) is 57.3 Å². The lowest BCUT2D eigenvalue weighted by molar-refractivity contribution is -0.125. The number of rotatable bonds is 4. The molecule has 1 fully saturated rings. The maximum Gasteiger partial charge on any atom is 0.223 e. The van der Waals surface area contributed by atoms with Gasteiger partial charge in [0.15, 0.2) is 11.5 Å². The lowest BCUT2D eigenvalue weighted by atomic mass is 9.93. The molecule has 0 spiro atoms. The molecule has 2 aliphatic rings. The second kappa shape index (κ2) is 7.75. The number of hydrogen-bond acceptors (Lipinski definition) is 7. The van der Waals surface area contributed by atoms with Gasteiger partial charge in [-0.25, -0.2) is 0 Å². The first-order valence-corrected chi connectivity index (χ1v) is 10.2.